The number of fused-ring (bicyclic) bond motifs is 1. The van der Waals surface area contributed by atoms with Crippen molar-refractivity contribution in [1.29, 1.82) is 0 Å². The Balaban J connectivity index is 2.13. The van der Waals surface area contributed by atoms with Crippen molar-refractivity contribution in [1.82, 2.24) is 0 Å². The number of amides is 1. The lowest BCUT2D eigenvalue weighted by molar-refractivity contribution is -0.119. The van der Waals surface area contributed by atoms with Crippen LogP contribution in [0.2, 0.25) is 0 Å². The van der Waals surface area contributed by atoms with E-state index in [1.807, 2.05) is 36.9 Å². The van der Waals surface area contributed by atoms with Crippen LogP contribution in [0.15, 0.2) is 18.2 Å². The van der Waals surface area contributed by atoms with E-state index in [1.54, 1.807) is 7.11 Å². The van der Waals surface area contributed by atoms with Crippen molar-refractivity contribution < 1.29 is 9.53 Å². The van der Waals surface area contributed by atoms with Crippen LogP contribution >= 0.6 is 0 Å². The minimum Gasteiger partial charge on any atom is -0.497 e. The number of nitrogens with zero attached hydrogens (tertiary/aromatic N) is 1. The van der Waals surface area contributed by atoms with Crippen LogP contribution in [0.4, 0.5) is 5.69 Å². The molecule has 1 aliphatic rings. The molecule has 1 amide bonds. The van der Waals surface area contributed by atoms with Gasteiger partial charge in [0.2, 0.25) is 5.91 Å². The van der Waals surface area contributed by atoms with E-state index in [0.29, 0.717) is 12.8 Å². The maximum Gasteiger partial charge on any atom is 0.227 e. The first-order valence-electron chi connectivity index (χ1n) is 7.17. The van der Waals surface area contributed by atoms with Gasteiger partial charge in [0.15, 0.2) is 0 Å². The molecule has 0 atom stereocenters. The first-order chi connectivity index (χ1) is 9.40. The number of hydrogen-bond donors (Lipinski definition) is 1. The lowest BCUT2D eigenvalue weighted by Crippen LogP contribution is -2.38. The molecular formula is C16H24N2O2. The highest BCUT2D eigenvalue weighted by Gasteiger charge is 2.24. The third-order valence-corrected chi connectivity index (χ3v) is 3.69. The Morgan fingerprint density at radius 1 is 1.45 bits per heavy atom. The fraction of sp³-hybridized carbons (Fsp3) is 0.562. The minimum absolute atomic E-state index is 0.162. The Morgan fingerprint density at radius 3 is 2.85 bits per heavy atom. The monoisotopic (exact) mass is 276 g/mol. The number of rotatable bonds is 4. The van der Waals surface area contributed by atoms with Gasteiger partial charge in [-0.2, -0.15) is 0 Å². The molecule has 110 valence electrons. The summed E-state index contributed by atoms with van der Waals surface area (Å²) in [5, 5.41) is 0. The Morgan fingerprint density at radius 2 is 2.20 bits per heavy atom. The van der Waals surface area contributed by atoms with Crippen LogP contribution in [0, 0.1) is 0 Å². The van der Waals surface area contributed by atoms with Gasteiger partial charge in [-0.1, -0.05) is 0 Å². The summed E-state index contributed by atoms with van der Waals surface area (Å²) in [6, 6.07) is 5.93. The number of nitrogens with two attached hydrogens (primary N) is 1. The molecule has 0 radical (unpaired) electrons. The third-order valence-electron chi connectivity index (χ3n) is 3.69. The highest BCUT2D eigenvalue weighted by atomic mass is 16.5. The van der Waals surface area contributed by atoms with Crippen molar-refractivity contribution in [3.05, 3.63) is 23.8 Å². The van der Waals surface area contributed by atoms with Gasteiger partial charge in [0.05, 0.1) is 7.11 Å². The number of aryl methyl sites for hydroxylation is 1. The van der Waals surface area contributed by atoms with Crippen molar-refractivity contribution in [3.63, 3.8) is 0 Å². The van der Waals surface area contributed by atoms with Crippen LogP contribution in [0.3, 0.4) is 0 Å². The second-order valence-corrected chi connectivity index (χ2v) is 6.13. The average molecular weight is 276 g/mol. The molecule has 0 fully saturated rings. The lowest BCUT2D eigenvalue weighted by atomic mass is 9.97. The van der Waals surface area contributed by atoms with Crippen LogP contribution < -0.4 is 15.4 Å². The van der Waals surface area contributed by atoms with Crippen LogP contribution in [0.25, 0.3) is 0 Å². The van der Waals surface area contributed by atoms with Gasteiger partial charge >= 0.3 is 0 Å². The van der Waals surface area contributed by atoms with E-state index < -0.39 is 0 Å². The molecule has 4 nitrogen and oxygen atoms in total. The highest BCUT2D eigenvalue weighted by Crippen LogP contribution is 2.31. The molecule has 20 heavy (non-hydrogen) atoms. The summed E-state index contributed by atoms with van der Waals surface area (Å²) in [7, 11) is 1.66. The van der Waals surface area contributed by atoms with E-state index >= 15 is 0 Å². The molecule has 0 unspecified atom stereocenters. The number of methoxy groups -OCH3 is 1. The van der Waals surface area contributed by atoms with E-state index in [1.165, 1.54) is 5.56 Å². The predicted molar refractivity (Wildman–Crippen MR) is 81.2 cm³/mol. The fourth-order valence-electron chi connectivity index (χ4n) is 2.52. The van der Waals surface area contributed by atoms with Crippen molar-refractivity contribution in [2.24, 2.45) is 5.73 Å². The highest BCUT2D eigenvalue weighted by molar-refractivity contribution is 5.94. The minimum atomic E-state index is -0.297. The van der Waals surface area contributed by atoms with Crippen molar-refractivity contribution >= 4 is 11.6 Å². The molecule has 1 aromatic rings. The Hall–Kier alpha value is -1.55. The topological polar surface area (TPSA) is 55.6 Å². The second-order valence-electron chi connectivity index (χ2n) is 6.13. The summed E-state index contributed by atoms with van der Waals surface area (Å²) < 4.78 is 5.25. The summed E-state index contributed by atoms with van der Waals surface area (Å²) in [5.74, 6) is 1.01. The van der Waals surface area contributed by atoms with Crippen molar-refractivity contribution in [3.8, 4) is 5.75 Å². The van der Waals surface area contributed by atoms with Crippen LogP contribution in [0.5, 0.6) is 5.75 Å². The van der Waals surface area contributed by atoms with Gasteiger partial charge in [-0.05, 0) is 56.9 Å². The molecule has 0 aromatic heterocycles. The number of benzene rings is 1. The van der Waals surface area contributed by atoms with Crippen molar-refractivity contribution in [2.45, 2.75) is 45.1 Å². The molecule has 0 saturated heterocycles. The normalized spacial score (nSPS) is 14.9. The molecule has 1 aliphatic heterocycles. The van der Waals surface area contributed by atoms with Gasteiger partial charge in [0.25, 0.3) is 0 Å². The summed E-state index contributed by atoms with van der Waals surface area (Å²) in [6.45, 7) is 4.70. The summed E-state index contributed by atoms with van der Waals surface area (Å²) >= 11 is 0. The van der Waals surface area contributed by atoms with E-state index in [0.717, 1.165) is 30.8 Å². The number of ether oxygens (including phenoxy) is 1. The van der Waals surface area contributed by atoms with E-state index in [-0.39, 0.29) is 11.4 Å². The van der Waals surface area contributed by atoms with Gasteiger partial charge < -0.3 is 15.4 Å². The Labute approximate surface area is 120 Å². The SMILES string of the molecule is COc1ccc2c(c1)CCCN2C(=O)CCC(C)(C)N. The largest absolute Gasteiger partial charge is 0.497 e. The summed E-state index contributed by atoms with van der Waals surface area (Å²) in [6.07, 6.45) is 3.19. The molecule has 0 spiro atoms. The summed E-state index contributed by atoms with van der Waals surface area (Å²) in [4.78, 5) is 14.3. The standard InChI is InChI=1S/C16H24N2O2/c1-16(2,17)9-8-15(19)18-10-4-5-12-11-13(20-3)6-7-14(12)18/h6-7,11H,4-5,8-10,17H2,1-3H3. The second kappa shape index (κ2) is 5.83. The molecular weight excluding hydrogens is 252 g/mol. The maximum absolute atomic E-state index is 12.4. The average Bonchev–Trinajstić information content (AvgIpc) is 2.42. The predicted octanol–water partition coefficient (Wildman–Crippen LogP) is 2.49. The van der Waals surface area contributed by atoms with E-state index in [2.05, 4.69) is 0 Å². The molecule has 2 N–H and O–H groups in total. The zero-order valence-electron chi connectivity index (χ0n) is 12.6. The first-order valence-corrected chi connectivity index (χ1v) is 7.17. The van der Waals surface area contributed by atoms with Crippen molar-refractivity contribution in [2.75, 3.05) is 18.6 Å². The molecule has 2 rings (SSSR count). The van der Waals surface area contributed by atoms with Crippen LogP contribution in [-0.4, -0.2) is 25.1 Å². The van der Waals surface area contributed by atoms with Gasteiger partial charge in [-0.25, -0.2) is 0 Å². The maximum atomic E-state index is 12.4. The first kappa shape index (κ1) is 14.9. The third kappa shape index (κ3) is 3.51. The van der Waals surface area contributed by atoms with Gasteiger partial charge in [0, 0.05) is 24.2 Å². The van der Waals surface area contributed by atoms with Gasteiger partial charge in [-0.3, -0.25) is 4.79 Å². The Kier molecular flexibility index (Phi) is 4.33. The zero-order valence-corrected chi connectivity index (χ0v) is 12.6. The molecule has 0 saturated carbocycles. The van der Waals surface area contributed by atoms with Crippen LogP contribution in [-0.2, 0) is 11.2 Å². The molecule has 0 bridgehead atoms. The number of carbonyl (C=O) groups is 1. The summed E-state index contributed by atoms with van der Waals surface area (Å²) in [5.41, 5.74) is 7.88. The number of hydrogen-bond acceptors (Lipinski definition) is 3. The molecule has 0 aliphatic carbocycles. The quantitative estimate of drug-likeness (QED) is 0.919. The molecule has 1 aromatic carbocycles. The fourth-order valence-corrected chi connectivity index (χ4v) is 2.52. The number of anilines is 1. The van der Waals surface area contributed by atoms with E-state index in [9.17, 15) is 4.79 Å². The Bertz CT molecular complexity index is 492. The lowest BCUT2D eigenvalue weighted by Gasteiger charge is -2.30. The van der Waals surface area contributed by atoms with E-state index in [4.69, 9.17) is 10.5 Å². The van der Waals surface area contributed by atoms with Gasteiger partial charge in [0.1, 0.15) is 5.75 Å². The zero-order chi connectivity index (χ0) is 14.8. The molecule has 4 heteroatoms. The van der Waals surface area contributed by atoms with Gasteiger partial charge in [-0.15, -0.1) is 0 Å². The van der Waals surface area contributed by atoms with Crippen LogP contribution in [0.1, 0.15) is 38.7 Å². The molecule has 1 heterocycles. The smallest absolute Gasteiger partial charge is 0.227 e. The number of carbonyl (C=O) groups excluding carboxylic acids is 1.